The quantitative estimate of drug-likeness (QED) is 0.715. The molecule has 0 spiro atoms. The van der Waals surface area contributed by atoms with E-state index in [9.17, 15) is 4.79 Å². The first kappa shape index (κ1) is 10.6. The van der Waals surface area contributed by atoms with Crippen LogP contribution < -0.4 is 4.90 Å². The second kappa shape index (κ2) is 4.71. The van der Waals surface area contributed by atoms with Gasteiger partial charge in [-0.2, -0.15) is 11.8 Å². The van der Waals surface area contributed by atoms with Gasteiger partial charge in [-0.3, -0.25) is 4.79 Å². The molecule has 2 rings (SSSR count). The van der Waals surface area contributed by atoms with Crippen LogP contribution in [-0.2, 0) is 0 Å². The molecule has 0 N–H and O–H groups in total. The van der Waals surface area contributed by atoms with E-state index in [1.165, 1.54) is 0 Å². The van der Waals surface area contributed by atoms with E-state index in [0.717, 1.165) is 36.4 Å². The maximum absolute atomic E-state index is 10.9. The minimum Gasteiger partial charge on any atom is -0.369 e. The number of hydrogen-bond donors (Lipinski definition) is 0. The highest BCUT2D eigenvalue weighted by atomic mass is 32.2. The van der Waals surface area contributed by atoms with Crippen molar-refractivity contribution in [3.05, 3.63) is 29.8 Å². The smallest absolute Gasteiger partial charge is 0.152 e. The van der Waals surface area contributed by atoms with E-state index in [1.54, 1.807) is 0 Å². The summed E-state index contributed by atoms with van der Waals surface area (Å²) in [6.45, 7) is 4.32. The van der Waals surface area contributed by atoms with E-state index in [4.69, 9.17) is 0 Å². The largest absolute Gasteiger partial charge is 0.369 e. The van der Waals surface area contributed by atoms with Gasteiger partial charge < -0.3 is 4.90 Å². The first-order chi connectivity index (χ1) is 7.31. The Morgan fingerprint density at radius 1 is 1.47 bits per heavy atom. The van der Waals surface area contributed by atoms with Crippen molar-refractivity contribution in [2.24, 2.45) is 0 Å². The van der Waals surface area contributed by atoms with Crippen LogP contribution in [0.2, 0.25) is 0 Å². The molecule has 15 heavy (non-hydrogen) atoms. The van der Waals surface area contributed by atoms with Crippen molar-refractivity contribution in [2.75, 3.05) is 23.7 Å². The van der Waals surface area contributed by atoms with Crippen molar-refractivity contribution in [1.29, 1.82) is 0 Å². The Hall–Kier alpha value is -0.960. The number of carbonyl (C=O) groups is 1. The molecule has 1 saturated heterocycles. The van der Waals surface area contributed by atoms with Gasteiger partial charge in [0.1, 0.15) is 0 Å². The SMILES string of the molecule is CC1CN(c2ccccc2C=O)CCS1. The molecule has 1 aliphatic rings. The summed E-state index contributed by atoms with van der Waals surface area (Å²) in [6, 6.07) is 7.82. The molecule has 2 nitrogen and oxygen atoms in total. The molecule has 1 heterocycles. The van der Waals surface area contributed by atoms with Crippen molar-refractivity contribution in [2.45, 2.75) is 12.2 Å². The number of para-hydroxylation sites is 1. The van der Waals surface area contributed by atoms with E-state index in [2.05, 4.69) is 11.8 Å². The number of aldehydes is 1. The fourth-order valence-electron chi connectivity index (χ4n) is 1.91. The first-order valence-corrected chi connectivity index (χ1v) is 6.27. The zero-order valence-electron chi connectivity index (χ0n) is 8.85. The summed E-state index contributed by atoms with van der Waals surface area (Å²) >= 11 is 2.00. The average Bonchev–Trinajstić information content (AvgIpc) is 2.29. The Morgan fingerprint density at radius 2 is 2.27 bits per heavy atom. The molecule has 0 aliphatic carbocycles. The van der Waals surface area contributed by atoms with Crippen LogP contribution >= 0.6 is 11.8 Å². The van der Waals surface area contributed by atoms with Crippen molar-refractivity contribution >= 4 is 23.7 Å². The highest BCUT2D eigenvalue weighted by Gasteiger charge is 2.18. The van der Waals surface area contributed by atoms with Gasteiger partial charge >= 0.3 is 0 Å². The highest BCUT2D eigenvalue weighted by molar-refractivity contribution is 8.00. The van der Waals surface area contributed by atoms with Gasteiger partial charge in [0.25, 0.3) is 0 Å². The number of carbonyl (C=O) groups excluding carboxylic acids is 1. The molecule has 0 saturated carbocycles. The lowest BCUT2D eigenvalue weighted by Crippen LogP contribution is -2.37. The Morgan fingerprint density at radius 3 is 3.00 bits per heavy atom. The standard InChI is InChI=1S/C12H15NOS/c1-10-8-13(6-7-15-10)12-5-3-2-4-11(12)9-14/h2-5,9-10H,6-8H2,1H3. The number of nitrogens with zero attached hydrogens (tertiary/aromatic N) is 1. The van der Waals surface area contributed by atoms with Gasteiger partial charge in [-0.25, -0.2) is 0 Å². The summed E-state index contributed by atoms with van der Waals surface area (Å²) in [5.41, 5.74) is 1.89. The molecule has 0 radical (unpaired) electrons. The van der Waals surface area contributed by atoms with E-state index in [1.807, 2.05) is 36.0 Å². The molecule has 1 fully saturated rings. The fourth-order valence-corrected chi connectivity index (χ4v) is 2.93. The van der Waals surface area contributed by atoms with Gasteiger partial charge in [0, 0.05) is 35.3 Å². The Labute approximate surface area is 94.7 Å². The van der Waals surface area contributed by atoms with Crippen LogP contribution in [0, 0.1) is 0 Å². The topological polar surface area (TPSA) is 20.3 Å². The highest BCUT2D eigenvalue weighted by Crippen LogP contribution is 2.25. The Bertz CT molecular complexity index is 353. The average molecular weight is 221 g/mol. The molecule has 80 valence electrons. The zero-order valence-corrected chi connectivity index (χ0v) is 9.67. The number of rotatable bonds is 2. The van der Waals surface area contributed by atoms with Crippen molar-refractivity contribution < 1.29 is 4.79 Å². The van der Waals surface area contributed by atoms with Crippen LogP contribution in [0.15, 0.2) is 24.3 Å². The molecular formula is C12H15NOS. The van der Waals surface area contributed by atoms with Gasteiger partial charge in [-0.1, -0.05) is 19.1 Å². The molecular weight excluding hydrogens is 206 g/mol. The maximum Gasteiger partial charge on any atom is 0.152 e. The Balaban J connectivity index is 2.24. The number of thioether (sulfide) groups is 1. The lowest BCUT2D eigenvalue weighted by atomic mass is 10.1. The number of hydrogen-bond acceptors (Lipinski definition) is 3. The lowest BCUT2D eigenvalue weighted by Gasteiger charge is -2.33. The van der Waals surface area contributed by atoms with E-state index in [-0.39, 0.29) is 0 Å². The summed E-state index contributed by atoms with van der Waals surface area (Å²) in [5, 5.41) is 0.651. The minimum atomic E-state index is 0.651. The second-order valence-corrected chi connectivity index (χ2v) is 5.35. The van der Waals surface area contributed by atoms with Crippen LogP contribution in [0.5, 0.6) is 0 Å². The summed E-state index contributed by atoms with van der Waals surface area (Å²) in [5.74, 6) is 1.15. The van der Waals surface area contributed by atoms with Gasteiger partial charge in [0.15, 0.2) is 6.29 Å². The number of anilines is 1. The van der Waals surface area contributed by atoms with E-state index < -0.39 is 0 Å². The normalized spacial score (nSPS) is 21.4. The summed E-state index contributed by atoms with van der Waals surface area (Å²) in [4.78, 5) is 13.2. The van der Waals surface area contributed by atoms with Crippen LogP contribution in [0.4, 0.5) is 5.69 Å². The van der Waals surface area contributed by atoms with Gasteiger partial charge in [0.2, 0.25) is 0 Å². The van der Waals surface area contributed by atoms with Crippen LogP contribution in [0.1, 0.15) is 17.3 Å². The molecule has 0 amide bonds. The predicted molar refractivity (Wildman–Crippen MR) is 66.0 cm³/mol. The van der Waals surface area contributed by atoms with Crippen LogP contribution in [0.3, 0.4) is 0 Å². The third kappa shape index (κ3) is 2.34. The summed E-state index contributed by atoms with van der Waals surface area (Å²) in [7, 11) is 0. The molecule has 1 unspecified atom stereocenters. The first-order valence-electron chi connectivity index (χ1n) is 5.22. The van der Waals surface area contributed by atoms with Crippen molar-refractivity contribution in [3.8, 4) is 0 Å². The molecule has 0 bridgehead atoms. The molecule has 0 aromatic heterocycles. The minimum absolute atomic E-state index is 0.651. The molecule has 1 aliphatic heterocycles. The molecule has 1 aromatic carbocycles. The van der Waals surface area contributed by atoms with E-state index in [0.29, 0.717) is 5.25 Å². The monoisotopic (exact) mass is 221 g/mol. The van der Waals surface area contributed by atoms with E-state index >= 15 is 0 Å². The molecule has 3 heteroatoms. The summed E-state index contributed by atoms with van der Waals surface area (Å²) < 4.78 is 0. The van der Waals surface area contributed by atoms with Gasteiger partial charge in [-0.05, 0) is 12.1 Å². The van der Waals surface area contributed by atoms with Gasteiger partial charge in [0.05, 0.1) is 0 Å². The zero-order chi connectivity index (χ0) is 10.7. The molecule has 1 aromatic rings. The lowest BCUT2D eigenvalue weighted by molar-refractivity contribution is 0.112. The van der Waals surface area contributed by atoms with Crippen LogP contribution in [0.25, 0.3) is 0 Å². The van der Waals surface area contributed by atoms with Crippen molar-refractivity contribution in [1.82, 2.24) is 0 Å². The number of benzene rings is 1. The van der Waals surface area contributed by atoms with Gasteiger partial charge in [-0.15, -0.1) is 0 Å². The second-order valence-electron chi connectivity index (χ2n) is 3.80. The predicted octanol–water partition coefficient (Wildman–Crippen LogP) is 2.44. The summed E-state index contributed by atoms with van der Waals surface area (Å²) in [6.07, 6.45) is 0.946. The third-order valence-corrected chi connectivity index (χ3v) is 3.78. The fraction of sp³-hybridized carbons (Fsp3) is 0.417. The van der Waals surface area contributed by atoms with Crippen molar-refractivity contribution in [3.63, 3.8) is 0 Å². The molecule has 1 atom stereocenters. The Kier molecular flexibility index (Phi) is 3.31. The maximum atomic E-state index is 10.9. The third-order valence-electron chi connectivity index (χ3n) is 2.65. The van der Waals surface area contributed by atoms with Crippen LogP contribution in [-0.4, -0.2) is 30.4 Å².